The Morgan fingerprint density at radius 2 is 1.85 bits per heavy atom. The van der Waals surface area contributed by atoms with Crippen molar-refractivity contribution in [2.75, 3.05) is 20.3 Å². The van der Waals surface area contributed by atoms with Crippen LogP contribution in [0, 0.1) is 0 Å². The third-order valence-corrected chi connectivity index (χ3v) is 3.39. The van der Waals surface area contributed by atoms with Crippen molar-refractivity contribution in [1.82, 2.24) is 5.32 Å². The smallest absolute Gasteiger partial charge is 0.124 e. The number of hydrogen-bond acceptors (Lipinski definition) is 3. The average molecular weight is 279 g/mol. The van der Waals surface area contributed by atoms with Gasteiger partial charge in [0.1, 0.15) is 5.75 Å². The van der Waals surface area contributed by atoms with Gasteiger partial charge in [0.2, 0.25) is 0 Å². The lowest BCUT2D eigenvalue weighted by atomic mass is 9.97. The fourth-order valence-electron chi connectivity index (χ4n) is 2.45. The lowest BCUT2D eigenvalue weighted by Gasteiger charge is -2.28. The van der Waals surface area contributed by atoms with Gasteiger partial charge in [-0.3, -0.25) is 0 Å². The quantitative estimate of drug-likeness (QED) is 0.703. The number of para-hydroxylation sites is 1. The summed E-state index contributed by atoms with van der Waals surface area (Å²) in [4.78, 5) is 0. The molecule has 0 radical (unpaired) electrons. The van der Waals surface area contributed by atoms with Gasteiger partial charge in [-0.2, -0.15) is 0 Å². The molecule has 0 aliphatic rings. The molecule has 1 N–H and O–H groups in total. The number of methoxy groups -OCH3 is 1. The summed E-state index contributed by atoms with van der Waals surface area (Å²) < 4.78 is 11.6. The molecular formula is C17H29NO2. The van der Waals surface area contributed by atoms with Crippen molar-refractivity contribution in [2.45, 2.75) is 52.2 Å². The minimum atomic E-state index is 0.173. The molecule has 0 saturated carbocycles. The minimum Gasteiger partial charge on any atom is -0.493 e. The fraction of sp³-hybridized carbons (Fsp3) is 0.647. The molecule has 0 amide bonds. The van der Waals surface area contributed by atoms with Crippen LogP contribution in [0.5, 0.6) is 5.75 Å². The number of hydrogen-bond donors (Lipinski definition) is 1. The first-order chi connectivity index (χ1) is 9.78. The van der Waals surface area contributed by atoms with Gasteiger partial charge in [-0.1, -0.05) is 45.4 Å². The summed E-state index contributed by atoms with van der Waals surface area (Å²) in [5, 5.41) is 3.55. The molecule has 3 nitrogen and oxygen atoms in total. The highest BCUT2D eigenvalue weighted by Crippen LogP contribution is 2.30. The second-order valence-electron chi connectivity index (χ2n) is 4.98. The first-order valence-electron chi connectivity index (χ1n) is 7.76. The van der Waals surface area contributed by atoms with Crippen LogP contribution in [0.4, 0.5) is 0 Å². The van der Waals surface area contributed by atoms with E-state index in [2.05, 4.69) is 38.2 Å². The Labute approximate surface area is 123 Å². The highest BCUT2D eigenvalue weighted by molar-refractivity contribution is 5.36. The summed E-state index contributed by atoms with van der Waals surface area (Å²) in [5.41, 5.74) is 1.20. The number of ether oxygens (including phenoxy) is 2. The van der Waals surface area contributed by atoms with E-state index in [0.29, 0.717) is 0 Å². The van der Waals surface area contributed by atoms with Crippen LogP contribution >= 0.6 is 0 Å². The molecule has 1 aromatic rings. The first-order valence-corrected chi connectivity index (χ1v) is 7.76. The van der Waals surface area contributed by atoms with Crippen LogP contribution in [-0.2, 0) is 4.74 Å². The normalized spacial score (nSPS) is 14.0. The first kappa shape index (κ1) is 17.0. The molecule has 0 fully saturated rings. The third-order valence-electron chi connectivity index (χ3n) is 3.39. The van der Waals surface area contributed by atoms with Gasteiger partial charge >= 0.3 is 0 Å². The zero-order chi connectivity index (χ0) is 14.8. The standard InChI is InChI=1S/C17H29NO2/c1-5-10-16(19-4)17(18-7-3)14-11-8-9-12-15(14)20-13-6-2/h8-9,11-12,16-18H,5-7,10,13H2,1-4H3. The van der Waals surface area contributed by atoms with Gasteiger partial charge in [0.15, 0.2) is 0 Å². The van der Waals surface area contributed by atoms with E-state index < -0.39 is 0 Å². The zero-order valence-electron chi connectivity index (χ0n) is 13.3. The molecular weight excluding hydrogens is 250 g/mol. The lowest BCUT2D eigenvalue weighted by molar-refractivity contribution is 0.0601. The number of likely N-dealkylation sites (N-methyl/N-ethyl adjacent to an activating group) is 1. The molecule has 2 atom stereocenters. The van der Waals surface area contributed by atoms with E-state index in [4.69, 9.17) is 9.47 Å². The maximum Gasteiger partial charge on any atom is 0.124 e. The van der Waals surface area contributed by atoms with Gasteiger partial charge in [-0.15, -0.1) is 0 Å². The molecule has 0 aliphatic carbocycles. The van der Waals surface area contributed by atoms with Crippen LogP contribution < -0.4 is 10.1 Å². The van der Waals surface area contributed by atoms with Crippen LogP contribution in [0.25, 0.3) is 0 Å². The van der Waals surface area contributed by atoms with E-state index in [1.807, 2.05) is 12.1 Å². The average Bonchev–Trinajstić information content (AvgIpc) is 2.49. The Hall–Kier alpha value is -1.06. The highest BCUT2D eigenvalue weighted by atomic mass is 16.5. The predicted molar refractivity (Wildman–Crippen MR) is 84.4 cm³/mol. The van der Waals surface area contributed by atoms with Crippen molar-refractivity contribution in [1.29, 1.82) is 0 Å². The number of rotatable bonds is 10. The molecule has 3 heteroatoms. The van der Waals surface area contributed by atoms with E-state index in [9.17, 15) is 0 Å². The summed E-state index contributed by atoms with van der Waals surface area (Å²) in [6, 6.07) is 8.46. The Balaban J connectivity index is 3.00. The van der Waals surface area contributed by atoms with Crippen molar-refractivity contribution in [3.8, 4) is 5.75 Å². The number of nitrogens with one attached hydrogen (secondary N) is 1. The van der Waals surface area contributed by atoms with Crippen molar-refractivity contribution in [3.05, 3.63) is 29.8 Å². The minimum absolute atomic E-state index is 0.173. The molecule has 0 bridgehead atoms. The SMILES string of the molecule is CCCOc1ccccc1C(NCC)C(CCC)OC. The highest BCUT2D eigenvalue weighted by Gasteiger charge is 2.24. The predicted octanol–water partition coefficient (Wildman–Crippen LogP) is 3.94. The van der Waals surface area contributed by atoms with E-state index in [1.54, 1.807) is 7.11 Å². The third kappa shape index (κ3) is 4.80. The monoisotopic (exact) mass is 279 g/mol. The van der Waals surface area contributed by atoms with Gasteiger partial charge in [0, 0.05) is 12.7 Å². The van der Waals surface area contributed by atoms with Crippen LogP contribution in [0.1, 0.15) is 51.6 Å². The van der Waals surface area contributed by atoms with E-state index in [0.717, 1.165) is 38.2 Å². The largest absolute Gasteiger partial charge is 0.493 e. The van der Waals surface area contributed by atoms with Gasteiger partial charge in [-0.05, 0) is 25.5 Å². The van der Waals surface area contributed by atoms with Gasteiger partial charge in [-0.25, -0.2) is 0 Å². The fourth-order valence-corrected chi connectivity index (χ4v) is 2.45. The molecule has 0 spiro atoms. The van der Waals surface area contributed by atoms with Crippen molar-refractivity contribution >= 4 is 0 Å². The zero-order valence-corrected chi connectivity index (χ0v) is 13.3. The molecule has 1 aromatic carbocycles. The second-order valence-corrected chi connectivity index (χ2v) is 4.98. The second kappa shape index (κ2) is 9.78. The topological polar surface area (TPSA) is 30.5 Å². The van der Waals surface area contributed by atoms with E-state index in [1.165, 1.54) is 5.56 Å². The van der Waals surface area contributed by atoms with Crippen molar-refractivity contribution < 1.29 is 9.47 Å². The van der Waals surface area contributed by atoms with Gasteiger partial charge in [0.05, 0.1) is 18.8 Å². The molecule has 0 saturated heterocycles. The Bertz CT molecular complexity index is 368. The van der Waals surface area contributed by atoms with Crippen molar-refractivity contribution in [2.24, 2.45) is 0 Å². The lowest BCUT2D eigenvalue weighted by Crippen LogP contribution is -2.33. The maximum atomic E-state index is 5.89. The van der Waals surface area contributed by atoms with Crippen LogP contribution in [-0.4, -0.2) is 26.4 Å². The van der Waals surface area contributed by atoms with E-state index >= 15 is 0 Å². The maximum absolute atomic E-state index is 5.89. The summed E-state index contributed by atoms with van der Waals surface area (Å²) >= 11 is 0. The summed E-state index contributed by atoms with van der Waals surface area (Å²) in [5.74, 6) is 0.971. The Morgan fingerprint density at radius 3 is 2.45 bits per heavy atom. The molecule has 0 heterocycles. The molecule has 0 aromatic heterocycles. The summed E-state index contributed by atoms with van der Waals surface area (Å²) in [7, 11) is 1.79. The van der Waals surface area contributed by atoms with Crippen LogP contribution in [0.2, 0.25) is 0 Å². The molecule has 2 unspecified atom stereocenters. The summed E-state index contributed by atoms with van der Waals surface area (Å²) in [6.07, 6.45) is 3.34. The van der Waals surface area contributed by atoms with Crippen molar-refractivity contribution in [3.63, 3.8) is 0 Å². The van der Waals surface area contributed by atoms with Gasteiger partial charge < -0.3 is 14.8 Å². The summed E-state index contributed by atoms with van der Waals surface area (Å²) in [6.45, 7) is 8.10. The molecule has 0 aliphatic heterocycles. The Kier molecular flexibility index (Phi) is 8.31. The molecule has 114 valence electrons. The number of benzene rings is 1. The van der Waals surface area contributed by atoms with Crippen LogP contribution in [0.3, 0.4) is 0 Å². The van der Waals surface area contributed by atoms with Gasteiger partial charge in [0.25, 0.3) is 0 Å². The molecule has 1 rings (SSSR count). The molecule has 20 heavy (non-hydrogen) atoms. The van der Waals surface area contributed by atoms with Crippen LogP contribution in [0.15, 0.2) is 24.3 Å². The van der Waals surface area contributed by atoms with E-state index in [-0.39, 0.29) is 12.1 Å². The Morgan fingerprint density at radius 1 is 1.10 bits per heavy atom.